The van der Waals surface area contributed by atoms with Gasteiger partial charge < -0.3 is 15.7 Å². The summed E-state index contributed by atoms with van der Waals surface area (Å²) in [5.41, 5.74) is 0.427. The Labute approximate surface area is 152 Å². The molecule has 2 aromatic carbocycles. The molecule has 0 saturated carbocycles. The van der Waals surface area contributed by atoms with Gasteiger partial charge in [0.2, 0.25) is 0 Å². The van der Waals surface area contributed by atoms with Crippen molar-refractivity contribution >= 4 is 23.2 Å². The Hall–Kier alpha value is -3.81. The largest absolute Gasteiger partial charge is 0.507 e. The molecule has 3 N–H and O–H groups in total. The number of amides is 2. The fourth-order valence-corrected chi connectivity index (χ4v) is 2.32. The molecule has 0 aliphatic carbocycles. The number of aromatic nitrogens is 1. The van der Waals surface area contributed by atoms with Crippen molar-refractivity contribution in [3.8, 4) is 5.75 Å². The molecule has 0 bridgehead atoms. The number of hydrogen-bond donors (Lipinski definition) is 3. The lowest BCUT2D eigenvalue weighted by molar-refractivity contribution is 0.101. The number of phenolic OH excluding ortho intramolecular Hbond substituents is 1. The van der Waals surface area contributed by atoms with Crippen LogP contribution in [0.3, 0.4) is 0 Å². The maximum absolute atomic E-state index is 13.2. The van der Waals surface area contributed by atoms with Gasteiger partial charge in [-0.05, 0) is 36.4 Å². The number of phenols is 1. The molecule has 2 amide bonds. The van der Waals surface area contributed by atoms with E-state index in [1.165, 1.54) is 24.5 Å². The molecule has 3 rings (SSSR count). The normalized spacial score (nSPS) is 10.3. The highest BCUT2D eigenvalue weighted by molar-refractivity contribution is 6.07. The van der Waals surface area contributed by atoms with Crippen LogP contribution in [-0.2, 0) is 0 Å². The van der Waals surface area contributed by atoms with Gasteiger partial charge in [-0.1, -0.05) is 0 Å². The van der Waals surface area contributed by atoms with Gasteiger partial charge in [0.1, 0.15) is 17.4 Å². The molecule has 0 radical (unpaired) electrons. The summed E-state index contributed by atoms with van der Waals surface area (Å²) in [6.45, 7) is 0. The third-order valence-electron chi connectivity index (χ3n) is 3.56. The first-order valence-electron chi connectivity index (χ1n) is 7.74. The number of pyridine rings is 1. The van der Waals surface area contributed by atoms with E-state index in [0.717, 1.165) is 18.2 Å². The Morgan fingerprint density at radius 3 is 2.07 bits per heavy atom. The van der Waals surface area contributed by atoms with Crippen molar-refractivity contribution in [2.45, 2.75) is 0 Å². The minimum absolute atomic E-state index is 0.0124. The molecular weight excluding hydrogens is 356 g/mol. The van der Waals surface area contributed by atoms with Crippen molar-refractivity contribution < 1.29 is 23.5 Å². The van der Waals surface area contributed by atoms with Crippen LogP contribution in [0.1, 0.15) is 20.7 Å². The van der Waals surface area contributed by atoms with Crippen molar-refractivity contribution in [2.24, 2.45) is 0 Å². The minimum Gasteiger partial charge on any atom is -0.507 e. The number of carbonyl (C=O) groups excluding carboxylic acids is 2. The third kappa shape index (κ3) is 4.43. The van der Waals surface area contributed by atoms with Crippen molar-refractivity contribution in [2.75, 3.05) is 10.6 Å². The van der Waals surface area contributed by atoms with Crippen LogP contribution in [0.5, 0.6) is 5.75 Å². The standard InChI is InChI=1S/C19H13F2N3O3/c20-12-7-11(8-13(21)9-12)18(26)24-15-1-2-16(17(25)10-15)19(27)23-14-3-5-22-6-4-14/h1-10,25H,(H,24,26)(H,22,23,27). The third-order valence-corrected chi connectivity index (χ3v) is 3.56. The molecule has 0 spiro atoms. The van der Waals surface area contributed by atoms with Crippen LogP contribution in [0.2, 0.25) is 0 Å². The Balaban J connectivity index is 1.74. The molecule has 27 heavy (non-hydrogen) atoms. The van der Waals surface area contributed by atoms with E-state index in [4.69, 9.17) is 0 Å². The zero-order valence-electron chi connectivity index (χ0n) is 13.7. The van der Waals surface area contributed by atoms with Crippen LogP contribution in [0.25, 0.3) is 0 Å². The monoisotopic (exact) mass is 369 g/mol. The van der Waals surface area contributed by atoms with Gasteiger partial charge in [0.05, 0.1) is 5.56 Å². The summed E-state index contributed by atoms with van der Waals surface area (Å²) in [6, 6.07) is 9.45. The van der Waals surface area contributed by atoms with Crippen LogP contribution >= 0.6 is 0 Å². The summed E-state index contributed by atoms with van der Waals surface area (Å²) < 4.78 is 26.4. The number of aromatic hydroxyl groups is 1. The summed E-state index contributed by atoms with van der Waals surface area (Å²) in [6.07, 6.45) is 3.01. The molecule has 0 unspecified atom stereocenters. The molecule has 6 nitrogen and oxygen atoms in total. The molecular formula is C19H13F2N3O3. The van der Waals surface area contributed by atoms with Crippen LogP contribution in [0.4, 0.5) is 20.2 Å². The van der Waals surface area contributed by atoms with Gasteiger partial charge in [-0.25, -0.2) is 8.78 Å². The zero-order chi connectivity index (χ0) is 19.4. The molecule has 0 atom stereocenters. The second kappa shape index (κ2) is 7.61. The van der Waals surface area contributed by atoms with Crippen LogP contribution in [-0.4, -0.2) is 21.9 Å². The lowest BCUT2D eigenvalue weighted by Gasteiger charge is -2.10. The van der Waals surface area contributed by atoms with Gasteiger partial charge in [0, 0.05) is 41.5 Å². The summed E-state index contributed by atoms with van der Waals surface area (Å²) in [4.78, 5) is 28.1. The number of nitrogens with one attached hydrogen (secondary N) is 2. The Kier molecular flexibility index (Phi) is 5.07. The number of anilines is 2. The summed E-state index contributed by atoms with van der Waals surface area (Å²) >= 11 is 0. The van der Waals surface area contributed by atoms with Crippen molar-refractivity contribution in [3.63, 3.8) is 0 Å². The smallest absolute Gasteiger partial charge is 0.259 e. The topological polar surface area (TPSA) is 91.3 Å². The molecule has 3 aromatic rings. The van der Waals surface area contributed by atoms with Gasteiger partial charge in [-0.3, -0.25) is 14.6 Å². The second-order valence-electron chi connectivity index (χ2n) is 5.53. The average Bonchev–Trinajstić information content (AvgIpc) is 2.61. The molecule has 1 heterocycles. The lowest BCUT2D eigenvalue weighted by atomic mass is 10.1. The van der Waals surface area contributed by atoms with Gasteiger partial charge >= 0.3 is 0 Å². The predicted molar refractivity (Wildman–Crippen MR) is 94.6 cm³/mol. The summed E-state index contributed by atoms with van der Waals surface area (Å²) in [5.74, 6) is -3.45. The summed E-state index contributed by atoms with van der Waals surface area (Å²) in [7, 11) is 0. The Morgan fingerprint density at radius 1 is 0.815 bits per heavy atom. The predicted octanol–water partition coefficient (Wildman–Crippen LogP) is 3.57. The SMILES string of the molecule is O=C(Nc1ccc(C(=O)Nc2ccncc2)c(O)c1)c1cc(F)cc(F)c1. The Bertz CT molecular complexity index is 990. The van der Waals surface area contributed by atoms with E-state index < -0.39 is 23.4 Å². The van der Waals surface area contributed by atoms with E-state index >= 15 is 0 Å². The number of benzene rings is 2. The van der Waals surface area contributed by atoms with Crippen molar-refractivity contribution in [1.29, 1.82) is 0 Å². The quantitative estimate of drug-likeness (QED) is 0.656. The highest BCUT2D eigenvalue weighted by Gasteiger charge is 2.14. The molecule has 0 fully saturated rings. The van der Waals surface area contributed by atoms with Crippen LogP contribution in [0, 0.1) is 11.6 Å². The van der Waals surface area contributed by atoms with E-state index in [1.807, 2.05) is 0 Å². The number of hydrogen-bond acceptors (Lipinski definition) is 4. The van der Waals surface area contributed by atoms with E-state index in [-0.39, 0.29) is 22.6 Å². The molecule has 8 heteroatoms. The van der Waals surface area contributed by atoms with Crippen molar-refractivity contribution in [1.82, 2.24) is 4.98 Å². The average molecular weight is 369 g/mol. The first-order chi connectivity index (χ1) is 12.9. The fourth-order valence-electron chi connectivity index (χ4n) is 2.32. The van der Waals surface area contributed by atoms with E-state index in [9.17, 15) is 23.5 Å². The van der Waals surface area contributed by atoms with Gasteiger partial charge in [0.15, 0.2) is 0 Å². The zero-order valence-corrected chi connectivity index (χ0v) is 13.7. The highest BCUT2D eigenvalue weighted by Crippen LogP contribution is 2.23. The maximum atomic E-state index is 13.2. The lowest BCUT2D eigenvalue weighted by Crippen LogP contribution is -2.14. The number of nitrogens with zero attached hydrogens (tertiary/aromatic N) is 1. The molecule has 1 aromatic heterocycles. The maximum Gasteiger partial charge on any atom is 0.259 e. The fraction of sp³-hybridized carbons (Fsp3) is 0. The Morgan fingerprint density at radius 2 is 1.44 bits per heavy atom. The minimum atomic E-state index is -0.883. The van der Waals surface area contributed by atoms with Crippen LogP contribution in [0.15, 0.2) is 60.9 Å². The second-order valence-corrected chi connectivity index (χ2v) is 5.53. The number of halogens is 2. The van der Waals surface area contributed by atoms with E-state index in [2.05, 4.69) is 15.6 Å². The molecule has 136 valence electrons. The van der Waals surface area contributed by atoms with E-state index in [1.54, 1.807) is 12.1 Å². The summed E-state index contributed by atoms with van der Waals surface area (Å²) in [5, 5.41) is 15.1. The first-order valence-corrected chi connectivity index (χ1v) is 7.74. The van der Waals surface area contributed by atoms with Crippen LogP contribution < -0.4 is 10.6 Å². The first kappa shape index (κ1) is 18.0. The van der Waals surface area contributed by atoms with Gasteiger partial charge in [-0.15, -0.1) is 0 Å². The highest BCUT2D eigenvalue weighted by atomic mass is 19.1. The van der Waals surface area contributed by atoms with Crippen molar-refractivity contribution in [3.05, 3.63) is 83.7 Å². The molecule has 0 aliphatic rings. The van der Waals surface area contributed by atoms with Gasteiger partial charge in [-0.2, -0.15) is 0 Å². The molecule has 0 saturated heterocycles. The molecule has 0 aliphatic heterocycles. The number of rotatable bonds is 4. The van der Waals surface area contributed by atoms with E-state index in [0.29, 0.717) is 11.8 Å². The van der Waals surface area contributed by atoms with Gasteiger partial charge in [0.25, 0.3) is 11.8 Å². The number of carbonyl (C=O) groups is 2.